The van der Waals surface area contributed by atoms with Gasteiger partial charge in [0.2, 0.25) is 5.91 Å². The first-order chi connectivity index (χ1) is 12.5. The summed E-state index contributed by atoms with van der Waals surface area (Å²) in [7, 11) is 1.71. The van der Waals surface area contributed by atoms with Crippen molar-refractivity contribution in [2.45, 2.75) is 25.8 Å². The van der Waals surface area contributed by atoms with Gasteiger partial charge in [0.05, 0.1) is 12.2 Å². The SMILES string of the molecule is CC(c1ccc(F)c(F)c1)N(C)C(=O)C1CCN(c2cnccn2)CC1. The summed E-state index contributed by atoms with van der Waals surface area (Å²) in [5.74, 6) is -1.01. The molecule has 5 nitrogen and oxygen atoms in total. The van der Waals surface area contributed by atoms with Crippen LogP contribution in [-0.4, -0.2) is 40.9 Å². The van der Waals surface area contributed by atoms with E-state index in [-0.39, 0.29) is 17.9 Å². The van der Waals surface area contributed by atoms with Crippen LogP contribution < -0.4 is 4.90 Å². The van der Waals surface area contributed by atoms with Crippen molar-refractivity contribution >= 4 is 11.7 Å². The molecule has 1 aromatic heterocycles. The summed E-state index contributed by atoms with van der Waals surface area (Å²) in [6.45, 7) is 3.30. The molecule has 0 bridgehead atoms. The smallest absolute Gasteiger partial charge is 0.226 e. The molecule has 1 aliphatic rings. The largest absolute Gasteiger partial charge is 0.355 e. The first kappa shape index (κ1) is 18.2. The molecule has 0 saturated carbocycles. The molecule has 0 N–H and O–H groups in total. The van der Waals surface area contributed by atoms with Gasteiger partial charge in [-0.25, -0.2) is 13.8 Å². The van der Waals surface area contributed by atoms with E-state index < -0.39 is 11.6 Å². The van der Waals surface area contributed by atoms with Crippen LogP contribution in [0.15, 0.2) is 36.8 Å². The number of amides is 1. The van der Waals surface area contributed by atoms with Crippen LogP contribution >= 0.6 is 0 Å². The van der Waals surface area contributed by atoms with Crippen LogP contribution in [0.3, 0.4) is 0 Å². The number of piperidine rings is 1. The van der Waals surface area contributed by atoms with Gasteiger partial charge in [-0.05, 0) is 37.5 Å². The van der Waals surface area contributed by atoms with Crippen molar-refractivity contribution in [3.8, 4) is 0 Å². The van der Waals surface area contributed by atoms with Crippen molar-refractivity contribution in [2.75, 3.05) is 25.0 Å². The van der Waals surface area contributed by atoms with Gasteiger partial charge >= 0.3 is 0 Å². The van der Waals surface area contributed by atoms with Crippen molar-refractivity contribution in [1.82, 2.24) is 14.9 Å². The Morgan fingerprint density at radius 3 is 2.58 bits per heavy atom. The summed E-state index contributed by atoms with van der Waals surface area (Å²) in [5, 5.41) is 0. The third-order valence-electron chi connectivity index (χ3n) is 5.07. The second-order valence-corrected chi connectivity index (χ2v) is 6.62. The zero-order valence-electron chi connectivity index (χ0n) is 14.9. The second kappa shape index (κ2) is 7.76. The Hall–Kier alpha value is -2.57. The fourth-order valence-electron chi connectivity index (χ4n) is 3.28. The number of aromatic nitrogens is 2. The summed E-state index contributed by atoms with van der Waals surface area (Å²) in [4.78, 5) is 24.9. The lowest BCUT2D eigenvalue weighted by Gasteiger charge is -2.35. The third-order valence-corrected chi connectivity index (χ3v) is 5.07. The molecule has 1 aliphatic heterocycles. The predicted molar refractivity (Wildman–Crippen MR) is 94.5 cm³/mol. The number of carbonyl (C=O) groups excluding carboxylic acids is 1. The average Bonchev–Trinajstić information content (AvgIpc) is 2.69. The number of nitrogens with zero attached hydrogens (tertiary/aromatic N) is 4. The van der Waals surface area contributed by atoms with Crippen LogP contribution in [0.4, 0.5) is 14.6 Å². The van der Waals surface area contributed by atoms with Crippen LogP contribution in [0, 0.1) is 17.6 Å². The van der Waals surface area contributed by atoms with Crippen molar-refractivity contribution in [1.29, 1.82) is 0 Å². The van der Waals surface area contributed by atoms with E-state index in [0.29, 0.717) is 5.56 Å². The molecular weight excluding hydrogens is 338 g/mol. The lowest BCUT2D eigenvalue weighted by Crippen LogP contribution is -2.42. The number of halogens is 2. The zero-order valence-corrected chi connectivity index (χ0v) is 14.9. The summed E-state index contributed by atoms with van der Waals surface area (Å²) in [5.41, 5.74) is 0.580. The molecule has 1 unspecified atom stereocenters. The van der Waals surface area contributed by atoms with Gasteiger partial charge in [-0.1, -0.05) is 6.07 Å². The maximum atomic E-state index is 13.5. The van der Waals surface area contributed by atoms with E-state index in [1.54, 1.807) is 30.5 Å². The van der Waals surface area contributed by atoms with Crippen LogP contribution in [0.25, 0.3) is 0 Å². The fourth-order valence-corrected chi connectivity index (χ4v) is 3.28. The molecule has 1 fully saturated rings. The lowest BCUT2D eigenvalue weighted by atomic mass is 9.94. The first-order valence-electron chi connectivity index (χ1n) is 8.70. The molecule has 1 amide bonds. The van der Waals surface area contributed by atoms with Gasteiger partial charge in [-0.15, -0.1) is 0 Å². The van der Waals surface area contributed by atoms with Gasteiger partial charge in [0.25, 0.3) is 0 Å². The highest BCUT2D eigenvalue weighted by molar-refractivity contribution is 5.79. The number of anilines is 1. The molecule has 3 rings (SSSR count). The number of rotatable bonds is 4. The minimum absolute atomic E-state index is 0.0287. The van der Waals surface area contributed by atoms with Crippen LogP contribution in [0.2, 0.25) is 0 Å². The van der Waals surface area contributed by atoms with E-state index in [1.807, 2.05) is 6.92 Å². The Balaban J connectivity index is 1.61. The monoisotopic (exact) mass is 360 g/mol. The normalized spacial score (nSPS) is 16.4. The molecular formula is C19H22F2N4O. The van der Waals surface area contributed by atoms with Crippen molar-refractivity contribution < 1.29 is 13.6 Å². The van der Waals surface area contributed by atoms with E-state index in [4.69, 9.17) is 0 Å². The molecule has 138 valence electrons. The van der Waals surface area contributed by atoms with Gasteiger partial charge in [-0.2, -0.15) is 0 Å². The van der Waals surface area contributed by atoms with E-state index in [9.17, 15) is 13.6 Å². The van der Waals surface area contributed by atoms with Gasteiger partial charge in [0.15, 0.2) is 11.6 Å². The Bertz CT molecular complexity index is 763. The Morgan fingerprint density at radius 2 is 1.96 bits per heavy atom. The van der Waals surface area contributed by atoms with Crippen molar-refractivity contribution in [2.24, 2.45) is 5.92 Å². The Labute approximate surface area is 151 Å². The highest BCUT2D eigenvalue weighted by Gasteiger charge is 2.30. The highest BCUT2D eigenvalue weighted by atomic mass is 19.2. The standard InChI is InChI=1S/C19H22F2N4O/c1-13(15-3-4-16(20)17(21)11-15)24(2)19(26)14-5-9-25(10-6-14)18-12-22-7-8-23-18/h3-4,7-8,11-14H,5-6,9-10H2,1-2H3. The van der Waals surface area contributed by atoms with Crippen molar-refractivity contribution in [3.63, 3.8) is 0 Å². The van der Waals surface area contributed by atoms with Crippen LogP contribution in [0.5, 0.6) is 0 Å². The molecule has 1 saturated heterocycles. The predicted octanol–water partition coefficient (Wildman–Crippen LogP) is 3.19. The van der Waals surface area contributed by atoms with Gasteiger partial charge in [0.1, 0.15) is 5.82 Å². The number of hydrogen-bond acceptors (Lipinski definition) is 4. The van der Waals surface area contributed by atoms with E-state index in [0.717, 1.165) is 43.9 Å². The molecule has 2 aromatic rings. The Kier molecular flexibility index (Phi) is 5.44. The molecule has 26 heavy (non-hydrogen) atoms. The third kappa shape index (κ3) is 3.81. The zero-order chi connectivity index (χ0) is 18.7. The van der Waals surface area contributed by atoms with Gasteiger partial charge < -0.3 is 9.80 Å². The maximum Gasteiger partial charge on any atom is 0.226 e. The highest BCUT2D eigenvalue weighted by Crippen LogP contribution is 2.27. The van der Waals surface area contributed by atoms with Crippen molar-refractivity contribution in [3.05, 3.63) is 54.0 Å². The lowest BCUT2D eigenvalue weighted by molar-refractivity contribution is -0.136. The molecule has 0 aliphatic carbocycles. The average molecular weight is 360 g/mol. The van der Waals surface area contributed by atoms with E-state index in [2.05, 4.69) is 14.9 Å². The summed E-state index contributed by atoms with van der Waals surface area (Å²) in [6.07, 6.45) is 6.46. The Morgan fingerprint density at radius 1 is 1.23 bits per heavy atom. The number of carbonyl (C=O) groups is 1. The minimum Gasteiger partial charge on any atom is -0.355 e. The topological polar surface area (TPSA) is 49.3 Å². The maximum absolute atomic E-state index is 13.5. The van der Waals surface area contributed by atoms with Gasteiger partial charge in [-0.3, -0.25) is 9.78 Å². The van der Waals surface area contributed by atoms with Gasteiger partial charge in [0, 0.05) is 38.4 Å². The molecule has 2 heterocycles. The molecule has 1 aromatic carbocycles. The number of benzene rings is 1. The van der Waals surface area contributed by atoms with E-state index >= 15 is 0 Å². The molecule has 7 heteroatoms. The molecule has 0 radical (unpaired) electrons. The first-order valence-corrected chi connectivity index (χ1v) is 8.70. The fraction of sp³-hybridized carbons (Fsp3) is 0.421. The van der Waals surface area contributed by atoms with Crippen LogP contribution in [-0.2, 0) is 4.79 Å². The van der Waals surface area contributed by atoms with E-state index in [1.165, 1.54) is 6.07 Å². The minimum atomic E-state index is -0.896. The quantitative estimate of drug-likeness (QED) is 0.840. The summed E-state index contributed by atoms with van der Waals surface area (Å²) in [6, 6.07) is 3.44. The van der Waals surface area contributed by atoms with Crippen LogP contribution in [0.1, 0.15) is 31.4 Å². The summed E-state index contributed by atoms with van der Waals surface area (Å²) < 4.78 is 26.6. The molecule has 1 atom stereocenters. The summed E-state index contributed by atoms with van der Waals surface area (Å²) >= 11 is 0. The second-order valence-electron chi connectivity index (χ2n) is 6.62. The molecule has 0 spiro atoms. The number of hydrogen-bond donors (Lipinski definition) is 0.